The summed E-state index contributed by atoms with van der Waals surface area (Å²) in [5.41, 5.74) is 2.70. The molecule has 23 heavy (non-hydrogen) atoms. The van der Waals surface area contributed by atoms with Crippen molar-refractivity contribution in [3.05, 3.63) is 29.8 Å². The normalized spacial score (nSPS) is 40.9. The highest BCUT2D eigenvalue weighted by molar-refractivity contribution is 5.85. The van der Waals surface area contributed by atoms with Crippen LogP contribution in [0.1, 0.15) is 57.9 Å². The third-order valence-electron chi connectivity index (χ3n) is 6.55. The molecule has 4 saturated carbocycles. The van der Waals surface area contributed by atoms with E-state index in [2.05, 4.69) is 19.2 Å². The molecule has 1 aromatic carbocycles. The third kappa shape index (κ3) is 3.13. The van der Waals surface area contributed by atoms with E-state index < -0.39 is 0 Å². The van der Waals surface area contributed by atoms with E-state index in [0.29, 0.717) is 22.0 Å². The highest BCUT2D eigenvalue weighted by atomic mass is 35.5. The van der Waals surface area contributed by atoms with Crippen LogP contribution in [0.5, 0.6) is 5.75 Å². The van der Waals surface area contributed by atoms with Gasteiger partial charge in [0.1, 0.15) is 5.75 Å². The molecule has 2 N–H and O–H groups in total. The second-order valence-corrected chi connectivity index (χ2v) is 9.36. The Morgan fingerprint density at radius 1 is 1.04 bits per heavy atom. The minimum absolute atomic E-state index is 0. The lowest BCUT2D eigenvalue weighted by Gasteiger charge is -2.65. The van der Waals surface area contributed by atoms with Gasteiger partial charge in [-0.2, -0.15) is 0 Å². The summed E-state index contributed by atoms with van der Waals surface area (Å²) in [4.78, 5) is 0. The summed E-state index contributed by atoms with van der Waals surface area (Å²) in [5.74, 6) is 1.37. The SMILES string of the molecule is CC12CC3CC(C)(C1)CC(CNCc1ccccc1O)(C3)C2.Cl. The van der Waals surface area contributed by atoms with Gasteiger partial charge in [0.25, 0.3) is 0 Å². The van der Waals surface area contributed by atoms with Crippen molar-refractivity contribution >= 4 is 12.4 Å². The van der Waals surface area contributed by atoms with Crippen LogP contribution < -0.4 is 5.32 Å². The zero-order valence-electron chi connectivity index (χ0n) is 14.4. The largest absolute Gasteiger partial charge is 0.508 e. The number of phenols is 1. The predicted octanol–water partition coefficient (Wildman–Crippen LogP) is 4.90. The molecule has 2 unspecified atom stereocenters. The standard InChI is InChI=1S/C20H29NO.ClH/c1-18-7-15-8-19(2,11-18)13-20(9-15,12-18)14-21-10-16-5-3-4-6-17(16)22;/h3-6,15,21-22H,7-14H2,1-2H3;1H. The minimum Gasteiger partial charge on any atom is -0.508 e. The van der Waals surface area contributed by atoms with Gasteiger partial charge in [0.2, 0.25) is 0 Å². The molecule has 0 spiro atoms. The molecule has 0 amide bonds. The first-order valence-corrected chi connectivity index (χ1v) is 8.87. The van der Waals surface area contributed by atoms with Crippen LogP contribution in [0.15, 0.2) is 24.3 Å². The predicted molar refractivity (Wildman–Crippen MR) is 96.9 cm³/mol. The molecule has 0 radical (unpaired) electrons. The number of aromatic hydroxyl groups is 1. The van der Waals surface area contributed by atoms with E-state index in [1.807, 2.05) is 18.2 Å². The Balaban J connectivity index is 0.00000156. The monoisotopic (exact) mass is 335 g/mol. The van der Waals surface area contributed by atoms with Crippen molar-refractivity contribution in [2.24, 2.45) is 22.2 Å². The summed E-state index contributed by atoms with van der Waals surface area (Å²) in [7, 11) is 0. The fraction of sp³-hybridized carbons (Fsp3) is 0.700. The maximum atomic E-state index is 9.91. The fourth-order valence-electron chi connectivity index (χ4n) is 7.00. The average molecular weight is 336 g/mol. The second kappa shape index (κ2) is 5.67. The second-order valence-electron chi connectivity index (χ2n) is 9.36. The molecule has 4 fully saturated rings. The highest BCUT2D eigenvalue weighted by Crippen LogP contribution is 2.69. The molecule has 0 saturated heterocycles. The van der Waals surface area contributed by atoms with Crippen molar-refractivity contribution in [3.8, 4) is 5.75 Å². The molecular weight excluding hydrogens is 306 g/mol. The van der Waals surface area contributed by atoms with E-state index in [9.17, 15) is 5.11 Å². The number of hydrogen-bond acceptors (Lipinski definition) is 2. The van der Waals surface area contributed by atoms with Crippen molar-refractivity contribution in [1.29, 1.82) is 0 Å². The van der Waals surface area contributed by atoms with Crippen LogP contribution in [0.25, 0.3) is 0 Å². The number of phenolic OH excluding ortho intramolecular Hbond substituents is 1. The van der Waals surface area contributed by atoms with Gasteiger partial charge in [-0.1, -0.05) is 32.0 Å². The molecule has 4 bridgehead atoms. The molecule has 4 aliphatic rings. The van der Waals surface area contributed by atoms with Gasteiger partial charge in [-0.05, 0) is 66.8 Å². The maximum absolute atomic E-state index is 9.91. The van der Waals surface area contributed by atoms with E-state index in [0.717, 1.165) is 24.6 Å². The molecule has 0 aromatic heterocycles. The summed E-state index contributed by atoms with van der Waals surface area (Å²) in [6.07, 6.45) is 8.59. The third-order valence-corrected chi connectivity index (χ3v) is 6.55. The smallest absolute Gasteiger partial charge is 0.120 e. The number of benzene rings is 1. The van der Waals surface area contributed by atoms with Gasteiger partial charge in [0.05, 0.1) is 0 Å². The van der Waals surface area contributed by atoms with Crippen LogP contribution in [0.3, 0.4) is 0 Å². The van der Waals surface area contributed by atoms with E-state index in [4.69, 9.17) is 0 Å². The zero-order valence-corrected chi connectivity index (χ0v) is 15.2. The Morgan fingerprint density at radius 2 is 1.70 bits per heavy atom. The van der Waals surface area contributed by atoms with Crippen LogP contribution in [-0.4, -0.2) is 11.7 Å². The van der Waals surface area contributed by atoms with Crippen molar-refractivity contribution in [3.63, 3.8) is 0 Å². The Hall–Kier alpha value is -0.730. The molecule has 3 heteroatoms. The highest BCUT2D eigenvalue weighted by Gasteiger charge is 2.59. The first-order valence-electron chi connectivity index (χ1n) is 8.87. The first kappa shape index (κ1) is 17.1. The fourth-order valence-corrected chi connectivity index (χ4v) is 7.00. The number of para-hydroxylation sites is 1. The first-order chi connectivity index (χ1) is 10.4. The van der Waals surface area contributed by atoms with Crippen molar-refractivity contribution in [1.82, 2.24) is 5.32 Å². The van der Waals surface area contributed by atoms with Gasteiger partial charge < -0.3 is 10.4 Å². The Morgan fingerprint density at radius 3 is 2.30 bits per heavy atom. The van der Waals surface area contributed by atoms with Gasteiger partial charge in [-0.3, -0.25) is 0 Å². The minimum atomic E-state index is 0. The number of halogens is 1. The Bertz CT molecular complexity index is 569. The molecule has 5 rings (SSSR count). The summed E-state index contributed by atoms with van der Waals surface area (Å²) < 4.78 is 0. The van der Waals surface area contributed by atoms with Gasteiger partial charge in [-0.25, -0.2) is 0 Å². The molecule has 0 heterocycles. The number of nitrogens with one attached hydrogen (secondary N) is 1. The van der Waals surface area contributed by atoms with Crippen molar-refractivity contribution in [2.45, 2.75) is 58.9 Å². The van der Waals surface area contributed by atoms with E-state index in [1.165, 1.54) is 38.5 Å². The molecule has 4 aliphatic carbocycles. The molecular formula is C20H30ClNO. The summed E-state index contributed by atoms with van der Waals surface area (Å²) in [6.45, 7) is 6.97. The van der Waals surface area contributed by atoms with Gasteiger partial charge in [0.15, 0.2) is 0 Å². The molecule has 2 nitrogen and oxygen atoms in total. The number of hydrogen-bond donors (Lipinski definition) is 2. The molecule has 0 aliphatic heterocycles. The van der Waals surface area contributed by atoms with Crippen molar-refractivity contribution < 1.29 is 5.11 Å². The summed E-state index contributed by atoms with van der Waals surface area (Å²) in [5, 5.41) is 13.6. The summed E-state index contributed by atoms with van der Waals surface area (Å²) >= 11 is 0. The Kier molecular flexibility index (Phi) is 4.21. The molecule has 1 aromatic rings. The van der Waals surface area contributed by atoms with E-state index in [-0.39, 0.29) is 12.4 Å². The van der Waals surface area contributed by atoms with Crippen LogP contribution in [0, 0.1) is 22.2 Å². The van der Waals surface area contributed by atoms with E-state index in [1.54, 1.807) is 6.07 Å². The Labute approximate surface area is 146 Å². The molecule has 2 atom stereocenters. The van der Waals surface area contributed by atoms with Crippen LogP contribution in [-0.2, 0) is 6.54 Å². The number of rotatable bonds is 4. The zero-order chi connectivity index (χ0) is 15.4. The van der Waals surface area contributed by atoms with Gasteiger partial charge in [-0.15, -0.1) is 12.4 Å². The van der Waals surface area contributed by atoms with Crippen LogP contribution in [0.2, 0.25) is 0 Å². The molecule has 128 valence electrons. The van der Waals surface area contributed by atoms with E-state index >= 15 is 0 Å². The van der Waals surface area contributed by atoms with Crippen LogP contribution in [0.4, 0.5) is 0 Å². The lowest BCUT2D eigenvalue weighted by Crippen LogP contribution is -2.57. The van der Waals surface area contributed by atoms with Gasteiger partial charge in [0, 0.05) is 18.7 Å². The van der Waals surface area contributed by atoms with Crippen molar-refractivity contribution in [2.75, 3.05) is 6.54 Å². The van der Waals surface area contributed by atoms with Gasteiger partial charge >= 0.3 is 0 Å². The quantitative estimate of drug-likeness (QED) is 0.820. The lowest BCUT2D eigenvalue weighted by molar-refractivity contribution is -0.143. The van der Waals surface area contributed by atoms with Crippen LogP contribution >= 0.6 is 12.4 Å². The summed E-state index contributed by atoms with van der Waals surface area (Å²) in [6, 6.07) is 7.69. The maximum Gasteiger partial charge on any atom is 0.120 e. The lowest BCUT2D eigenvalue weighted by atomic mass is 9.40. The average Bonchev–Trinajstić information content (AvgIpc) is 2.36. The topological polar surface area (TPSA) is 32.3 Å².